The number of halogens is 3. The number of hydrogen-bond acceptors (Lipinski definition) is 4. The normalized spacial score (nSPS) is 12.3. The number of nitrogens with zero attached hydrogens (tertiary/aromatic N) is 2. The van der Waals surface area contributed by atoms with Crippen LogP contribution in [0.25, 0.3) is 22.2 Å². The molecule has 1 aromatic heterocycles. The van der Waals surface area contributed by atoms with Crippen LogP contribution in [0.3, 0.4) is 0 Å². The predicted molar refractivity (Wildman–Crippen MR) is 142 cm³/mol. The Morgan fingerprint density at radius 2 is 1.71 bits per heavy atom. The average molecular weight is 544 g/mol. The molecule has 1 N–H and O–H groups in total. The summed E-state index contributed by atoms with van der Waals surface area (Å²) < 4.78 is 67.3. The van der Waals surface area contributed by atoms with E-state index in [9.17, 15) is 26.4 Å². The Bertz CT molecular complexity index is 1610. The van der Waals surface area contributed by atoms with Crippen LogP contribution in [0.4, 0.5) is 18.9 Å². The van der Waals surface area contributed by atoms with Crippen molar-refractivity contribution in [2.45, 2.75) is 51.2 Å². The van der Waals surface area contributed by atoms with Gasteiger partial charge in [-0.1, -0.05) is 25.1 Å². The zero-order valence-corrected chi connectivity index (χ0v) is 22.2. The van der Waals surface area contributed by atoms with Gasteiger partial charge in [-0.3, -0.25) is 4.79 Å². The Morgan fingerprint density at radius 3 is 2.29 bits per heavy atom. The molecule has 0 aliphatic rings. The van der Waals surface area contributed by atoms with Crippen LogP contribution in [0.2, 0.25) is 0 Å². The topological polar surface area (TPSA) is 81.1 Å². The Labute approximate surface area is 219 Å². The van der Waals surface area contributed by atoms with E-state index in [-0.39, 0.29) is 29.0 Å². The number of imidazole rings is 1. The van der Waals surface area contributed by atoms with Gasteiger partial charge in [0.1, 0.15) is 5.82 Å². The van der Waals surface area contributed by atoms with E-state index in [0.29, 0.717) is 33.7 Å². The lowest BCUT2D eigenvalue weighted by molar-refractivity contribution is -0.137. The number of alkyl halides is 3. The molecule has 6 nitrogen and oxygen atoms in total. The molecule has 200 valence electrons. The summed E-state index contributed by atoms with van der Waals surface area (Å²) in [5.41, 5.74) is 2.76. The zero-order valence-electron chi connectivity index (χ0n) is 21.4. The maximum absolute atomic E-state index is 13.6. The maximum atomic E-state index is 13.6. The number of benzene rings is 3. The fourth-order valence-corrected chi connectivity index (χ4v) is 5.36. The molecular weight excluding hydrogens is 515 g/mol. The first-order valence-electron chi connectivity index (χ1n) is 12.1. The summed E-state index contributed by atoms with van der Waals surface area (Å²) in [5, 5.41) is 2.76. The molecule has 1 heterocycles. The van der Waals surface area contributed by atoms with Gasteiger partial charge in [0, 0.05) is 25.1 Å². The summed E-state index contributed by atoms with van der Waals surface area (Å²) in [6, 6.07) is 14.9. The van der Waals surface area contributed by atoms with E-state index in [2.05, 4.69) is 5.32 Å². The summed E-state index contributed by atoms with van der Waals surface area (Å²) >= 11 is 0. The van der Waals surface area contributed by atoms with Crippen molar-refractivity contribution in [1.82, 2.24) is 9.55 Å². The number of carbonyl (C=O) groups excluding carboxylic acids is 1. The molecule has 0 saturated heterocycles. The molecular formula is C28H28F3N3O3S. The number of amides is 1. The Balaban J connectivity index is 1.84. The summed E-state index contributed by atoms with van der Waals surface area (Å²) in [4.78, 5) is 16.4. The van der Waals surface area contributed by atoms with Gasteiger partial charge in [0.25, 0.3) is 0 Å². The molecule has 0 atom stereocenters. The number of fused-ring (bicyclic) bond motifs is 1. The Kier molecular flexibility index (Phi) is 7.38. The van der Waals surface area contributed by atoms with Crippen molar-refractivity contribution in [1.29, 1.82) is 0 Å². The van der Waals surface area contributed by atoms with Gasteiger partial charge in [-0.25, -0.2) is 13.4 Å². The third-order valence-corrected chi connectivity index (χ3v) is 8.04. The summed E-state index contributed by atoms with van der Waals surface area (Å²) in [6.07, 6.45) is -4.30. The third-order valence-electron chi connectivity index (χ3n) is 6.29. The van der Waals surface area contributed by atoms with Crippen molar-refractivity contribution in [3.05, 3.63) is 77.6 Å². The van der Waals surface area contributed by atoms with Gasteiger partial charge in [-0.15, -0.1) is 0 Å². The van der Waals surface area contributed by atoms with Crippen molar-refractivity contribution in [2.24, 2.45) is 0 Å². The lowest BCUT2D eigenvalue weighted by Gasteiger charge is -2.17. The van der Waals surface area contributed by atoms with Crippen LogP contribution < -0.4 is 5.32 Å². The van der Waals surface area contributed by atoms with Crippen molar-refractivity contribution >= 4 is 32.5 Å². The largest absolute Gasteiger partial charge is 0.416 e. The van der Waals surface area contributed by atoms with E-state index in [0.717, 1.165) is 17.6 Å². The molecule has 0 bridgehead atoms. The van der Waals surface area contributed by atoms with Gasteiger partial charge >= 0.3 is 6.18 Å². The monoisotopic (exact) mass is 543 g/mol. The molecule has 4 aromatic rings. The third kappa shape index (κ3) is 5.60. The lowest BCUT2D eigenvalue weighted by atomic mass is 9.95. The minimum atomic E-state index is -4.54. The summed E-state index contributed by atoms with van der Waals surface area (Å²) in [6.45, 7) is 6.92. The predicted octanol–water partition coefficient (Wildman–Crippen LogP) is 6.65. The minimum absolute atomic E-state index is 0.0148. The number of rotatable bonds is 7. The molecule has 10 heteroatoms. The van der Waals surface area contributed by atoms with E-state index >= 15 is 0 Å². The molecule has 0 unspecified atom stereocenters. The standard InChI is InChI=1S/C28H28F3N3O3S/c1-5-38(36,37)23-11-7-19(8-12-23)24-15-21(28(29,30)31)9-6-20(24)14-27-33-25-13-10-22(32-18(4)35)16-26(25)34(27)17(2)3/h6-13,15-17H,5,14H2,1-4H3,(H,32,35). The number of hydrogen-bond donors (Lipinski definition) is 1. The van der Waals surface area contributed by atoms with Gasteiger partial charge in [0.15, 0.2) is 9.84 Å². The van der Waals surface area contributed by atoms with Crippen LogP contribution in [-0.4, -0.2) is 29.6 Å². The molecule has 1 amide bonds. The highest BCUT2D eigenvalue weighted by Gasteiger charge is 2.31. The van der Waals surface area contributed by atoms with Crippen LogP contribution in [0.15, 0.2) is 65.6 Å². The molecule has 0 aliphatic carbocycles. The van der Waals surface area contributed by atoms with Gasteiger partial charge in [-0.05, 0) is 73.0 Å². The zero-order chi connectivity index (χ0) is 27.8. The highest BCUT2D eigenvalue weighted by atomic mass is 32.2. The first kappa shape index (κ1) is 27.4. The smallest absolute Gasteiger partial charge is 0.326 e. The number of nitrogens with one attached hydrogen (secondary N) is 1. The second kappa shape index (κ2) is 10.2. The molecule has 0 radical (unpaired) electrons. The fourth-order valence-electron chi connectivity index (χ4n) is 4.48. The van der Waals surface area contributed by atoms with Gasteiger partial charge in [-0.2, -0.15) is 13.2 Å². The van der Waals surface area contributed by atoms with Gasteiger partial charge in [0.2, 0.25) is 5.91 Å². The van der Waals surface area contributed by atoms with Gasteiger partial charge in [0.05, 0.1) is 27.2 Å². The van der Waals surface area contributed by atoms with E-state index in [4.69, 9.17) is 4.98 Å². The van der Waals surface area contributed by atoms with E-state index in [1.807, 2.05) is 24.5 Å². The van der Waals surface area contributed by atoms with Crippen molar-refractivity contribution in [3.8, 4) is 11.1 Å². The average Bonchev–Trinajstić information content (AvgIpc) is 3.20. The van der Waals surface area contributed by atoms with E-state index in [1.54, 1.807) is 12.1 Å². The Morgan fingerprint density at radius 1 is 1.03 bits per heavy atom. The SMILES string of the molecule is CCS(=O)(=O)c1ccc(-c2cc(C(F)(F)F)ccc2Cc2nc3ccc(NC(C)=O)cc3n2C(C)C)cc1. The van der Waals surface area contributed by atoms with E-state index < -0.39 is 21.6 Å². The molecule has 0 aliphatic heterocycles. The highest BCUT2D eigenvalue weighted by molar-refractivity contribution is 7.91. The van der Waals surface area contributed by atoms with Gasteiger partial charge < -0.3 is 9.88 Å². The van der Waals surface area contributed by atoms with Crippen molar-refractivity contribution in [2.75, 3.05) is 11.1 Å². The van der Waals surface area contributed by atoms with Crippen molar-refractivity contribution in [3.63, 3.8) is 0 Å². The number of sulfone groups is 1. The molecule has 38 heavy (non-hydrogen) atoms. The number of carbonyl (C=O) groups is 1. The van der Waals surface area contributed by atoms with Crippen LogP contribution in [-0.2, 0) is 27.2 Å². The fraction of sp³-hybridized carbons (Fsp3) is 0.286. The second-order valence-electron chi connectivity index (χ2n) is 9.35. The lowest BCUT2D eigenvalue weighted by Crippen LogP contribution is -2.10. The first-order chi connectivity index (χ1) is 17.8. The quantitative estimate of drug-likeness (QED) is 0.283. The van der Waals surface area contributed by atoms with Crippen LogP contribution in [0.5, 0.6) is 0 Å². The number of aromatic nitrogens is 2. The van der Waals surface area contributed by atoms with E-state index in [1.165, 1.54) is 44.2 Å². The molecule has 4 rings (SSSR count). The molecule has 0 saturated carbocycles. The molecule has 3 aromatic carbocycles. The summed E-state index contributed by atoms with van der Waals surface area (Å²) in [7, 11) is -3.45. The summed E-state index contributed by atoms with van der Waals surface area (Å²) in [5.74, 6) is 0.379. The number of anilines is 1. The Hall–Kier alpha value is -3.66. The highest BCUT2D eigenvalue weighted by Crippen LogP contribution is 2.36. The minimum Gasteiger partial charge on any atom is -0.326 e. The van der Waals surface area contributed by atoms with Crippen LogP contribution in [0.1, 0.15) is 50.7 Å². The van der Waals surface area contributed by atoms with Crippen LogP contribution >= 0.6 is 0 Å². The maximum Gasteiger partial charge on any atom is 0.416 e. The van der Waals surface area contributed by atoms with Crippen LogP contribution in [0, 0.1) is 0 Å². The van der Waals surface area contributed by atoms with Crippen molar-refractivity contribution < 1.29 is 26.4 Å². The molecule has 0 fully saturated rings. The molecule has 0 spiro atoms. The first-order valence-corrected chi connectivity index (χ1v) is 13.8. The second-order valence-corrected chi connectivity index (χ2v) is 11.6.